The first-order valence-corrected chi connectivity index (χ1v) is 10.7. The highest BCUT2D eigenvalue weighted by atomic mass is 16.5. The van der Waals surface area contributed by atoms with Gasteiger partial charge in [-0.1, -0.05) is 30.3 Å². The van der Waals surface area contributed by atoms with Crippen LogP contribution in [-0.2, 0) is 11.8 Å². The van der Waals surface area contributed by atoms with Crippen molar-refractivity contribution in [2.24, 2.45) is 5.92 Å². The van der Waals surface area contributed by atoms with Crippen molar-refractivity contribution in [2.75, 3.05) is 20.7 Å². The molecule has 1 N–H and O–H groups in total. The molecular formula is C25H25NO4. The van der Waals surface area contributed by atoms with Crippen LogP contribution >= 0.6 is 0 Å². The molecule has 0 unspecified atom stereocenters. The maximum atomic E-state index is 12.0. The Kier molecular flexibility index (Phi) is 3.67. The van der Waals surface area contributed by atoms with Crippen molar-refractivity contribution in [2.45, 2.75) is 36.8 Å². The first-order valence-electron chi connectivity index (χ1n) is 10.7. The van der Waals surface area contributed by atoms with E-state index in [9.17, 15) is 9.90 Å². The Hall–Kier alpha value is -2.79. The van der Waals surface area contributed by atoms with Gasteiger partial charge in [-0.15, -0.1) is 0 Å². The Morgan fingerprint density at radius 2 is 2.10 bits per heavy atom. The summed E-state index contributed by atoms with van der Waals surface area (Å²) in [6, 6.07) is 12.0. The van der Waals surface area contributed by atoms with Gasteiger partial charge in [0.05, 0.1) is 12.7 Å². The SMILES string of the molecule is COc1ccc2c3c1O[C@H]1C(c4ccccc4C(=O)O)=CC[C@H]4[C@@H](C2)N(C)CC[C@]314. The van der Waals surface area contributed by atoms with E-state index in [4.69, 9.17) is 9.47 Å². The van der Waals surface area contributed by atoms with Crippen molar-refractivity contribution in [3.05, 3.63) is 64.7 Å². The third kappa shape index (κ3) is 2.08. The molecule has 2 aliphatic heterocycles. The van der Waals surface area contributed by atoms with Gasteiger partial charge < -0.3 is 19.5 Å². The van der Waals surface area contributed by atoms with Crippen LogP contribution in [0, 0.1) is 5.92 Å². The molecule has 0 radical (unpaired) electrons. The van der Waals surface area contributed by atoms with Crippen LogP contribution in [0.25, 0.3) is 5.57 Å². The molecule has 2 aliphatic carbocycles. The minimum Gasteiger partial charge on any atom is -0.493 e. The molecule has 1 saturated heterocycles. The summed E-state index contributed by atoms with van der Waals surface area (Å²) < 4.78 is 12.4. The highest BCUT2D eigenvalue weighted by Crippen LogP contribution is 2.64. The normalized spacial score (nSPS) is 30.9. The summed E-state index contributed by atoms with van der Waals surface area (Å²) >= 11 is 0. The molecule has 0 aromatic heterocycles. The number of ether oxygens (including phenoxy) is 2. The predicted octanol–water partition coefficient (Wildman–Crippen LogP) is 3.76. The molecule has 6 rings (SSSR count). The average Bonchev–Trinajstić information content (AvgIpc) is 3.11. The van der Waals surface area contributed by atoms with Gasteiger partial charge in [0, 0.05) is 17.0 Å². The summed E-state index contributed by atoms with van der Waals surface area (Å²) in [5, 5.41) is 9.81. The van der Waals surface area contributed by atoms with Crippen LogP contribution in [0.15, 0.2) is 42.5 Å². The zero-order valence-electron chi connectivity index (χ0n) is 17.2. The highest BCUT2D eigenvalue weighted by Gasteiger charge is 2.64. The molecule has 5 heteroatoms. The number of piperidine rings is 1. The largest absolute Gasteiger partial charge is 0.493 e. The lowest BCUT2D eigenvalue weighted by Gasteiger charge is -2.57. The molecule has 0 saturated carbocycles. The van der Waals surface area contributed by atoms with Crippen molar-refractivity contribution in [3.8, 4) is 11.5 Å². The quantitative estimate of drug-likeness (QED) is 0.846. The molecule has 5 nitrogen and oxygen atoms in total. The zero-order valence-corrected chi connectivity index (χ0v) is 17.2. The number of allylic oxidation sites excluding steroid dienone is 1. The number of methoxy groups -OCH3 is 1. The standard InChI is InChI=1S/C25H25NO4/c1-26-12-11-25-18-9-8-16(15-5-3-4-6-17(15)24(27)28)23(25)30-22-20(29-2)10-7-14(21(22)25)13-19(18)26/h3-8,10,18-19,23H,9,11-13H2,1-2H3,(H,27,28)/t18-,19+,23-,25-/m0/s1. The van der Waals surface area contributed by atoms with Crippen molar-refractivity contribution < 1.29 is 19.4 Å². The van der Waals surface area contributed by atoms with E-state index in [1.54, 1.807) is 19.2 Å². The molecule has 2 heterocycles. The molecule has 4 aliphatic rings. The summed E-state index contributed by atoms with van der Waals surface area (Å²) in [6.45, 7) is 1.02. The number of likely N-dealkylation sites (N-methyl/N-ethyl adjacent to an activating group) is 1. The molecule has 30 heavy (non-hydrogen) atoms. The van der Waals surface area contributed by atoms with E-state index in [1.807, 2.05) is 18.2 Å². The molecule has 0 amide bonds. The smallest absolute Gasteiger partial charge is 0.336 e. The van der Waals surface area contributed by atoms with Crippen LogP contribution < -0.4 is 9.47 Å². The number of carbonyl (C=O) groups is 1. The number of rotatable bonds is 3. The lowest BCUT2D eigenvalue weighted by Crippen LogP contribution is -2.63. The summed E-state index contributed by atoms with van der Waals surface area (Å²) in [7, 11) is 3.92. The summed E-state index contributed by atoms with van der Waals surface area (Å²) in [6.07, 6.45) is 5.03. The number of benzene rings is 2. The Morgan fingerprint density at radius 3 is 2.90 bits per heavy atom. The van der Waals surface area contributed by atoms with Crippen LogP contribution in [0.4, 0.5) is 0 Å². The van der Waals surface area contributed by atoms with Crippen molar-refractivity contribution in [1.29, 1.82) is 0 Å². The maximum absolute atomic E-state index is 12.0. The third-order valence-corrected chi connectivity index (χ3v) is 7.94. The van der Waals surface area contributed by atoms with E-state index in [2.05, 4.69) is 24.1 Å². The van der Waals surface area contributed by atoms with Crippen LogP contribution in [0.3, 0.4) is 0 Å². The fourth-order valence-electron chi connectivity index (χ4n) is 6.68. The molecule has 154 valence electrons. The van der Waals surface area contributed by atoms with Gasteiger partial charge in [0.1, 0.15) is 6.10 Å². The predicted molar refractivity (Wildman–Crippen MR) is 113 cm³/mol. The first kappa shape index (κ1) is 18.0. The number of hydrogen-bond donors (Lipinski definition) is 1. The lowest BCUT2D eigenvalue weighted by molar-refractivity contribution is -0.000130. The van der Waals surface area contributed by atoms with E-state index in [-0.39, 0.29) is 11.5 Å². The Labute approximate surface area is 175 Å². The van der Waals surface area contributed by atoms with Gasteiger partial charge in [-0.2, -0.15) is 0 Å². The lowest BCUT2D eigenvalue weighted by atomic mass is 9.51. The van der Waals surface area contributed by atoms with Gasteiger partial charge in [-0.25, -0.2) is 4.79 Å². The summed E-state index contributed by atoms with van der Waals surface area (Å²) in [5.74, 6) is 1.21. The monoisotopic (exact) mass is 403 g/mol. The fraction of sp³-hybridized carbons (Fsp3) is 0.400. The molecule has 2 aromatic carbocycles. The van der Waals surface area contributed by atoms with Crippen molar-refractivity contribution in [3.63, 3.8) is 0 Å². The molecular weight excluding hydrogens is 378 g/mol. The van der Waals surface area contributed by atoms with Crippen LogP contribution in [-0.4, -0.2) is 48.8 Å². The number of aromatic carboxylic acids is 1. The maximum Gasteiger partial charge on any atom is 0.336 e. The Bertz CT molecular complexity index is 1110. The second kappa shape index (κ2) is 6.11. The van der Waals surface area contributed by atoms with Gasteiger partial charge in [0.2, 0.25) is 0 Å². The molecule has 1 fully saturated rings. The van der Waals surface area contributed by atoms with Gasteiger partial charge >= 0.3 is 5.97 Å². The molecule has 4 atom stereocenters. The first-order chi connectivity index (χ1) is 14.6. The topological polar surface area (TPSA) is 59.0 Å². The second-order valence-corrected chi connectivity index (χ2v) is 9.02. The van der Waals surface area contributed by atoms with E-state index in [0.717, 1.165) is 48.4 Å². The Morgan fingerprint density at radius 1 is 1.27 bits per heavy atom. The van der Waals surface area contributed by atoms with E-state index < -0.39 is 5.97 Å². The number of nitrogens with zero attached hydrogens (tertiary/aromatic N) is 1. The van der Waals surface area contributed by atoms with Crippen LogP contribution in [0.5, 0.6) is 11.5 Å². The molecule has 2 aromatic rings. The number of carboxylic acids is 1. The fourth-order valence-corrected chi connectivity index (χ4v) is 6.68. The number of hydrogen-bond acceptors (Lipinski definition) is 4. The summed E-state index contributed by atoms with van der Waals surface area (Å²) in [4.78, 5) is 14.5. The van der Waals surface area contributed by atoms with E-state index >= 15 is 0 Å². The Balaban J connectivity index is 1.60. The molecule has 1 spiro atoms. The summed E-state index contributed by atoms with van der Waals surface area (Å²) in [5.41, 5.74) is 4.68. The highest BCUT2D eigenvalue weighted by molar-refractivity contribution is 5.95. The van der Waals surface area contributed by atoms with E-state index in [0.29, 0.717) is 17.5 Å². The average molecular weight is 403 g/mol. The molecule has 2 bridgehead atoms. The third-order valence-electron chi connectivity index (χ3n) is 7.94. The van der Waals surface area contributed by atoms with Crippen molar-refractivity contribution >= 4 is 11.5 Å². The number of carboxylic acid groups (broad SMARTS) is 1. The van der Waals surface area contributed by atoms with Crippen LogP contribution in [0.1, 0.15) is 39.9 Å². The number of likely N-dealkylation sites (tertiary alicyclic amines) is 1. The minimum absolute atomic E-state index is 0.121. The zero-order chi connectivity index (χ0) is 20.6. The van der Waals surface area contributed by atoms with Crippen molar-refractivity contribution in [1.82, 2.24) is 4.90 Å². The van der Waals surface area contributed by atoms with Gasteiger partial charge in [-0.05, 0) is 67.6 Å². The van der Waals surface area contributed by atoms with Crippen LogP contribution in [0.2, 0.25) is 0 Å². The minimum atomic E-state index is -0.898. The van der Waals surface area contributed by atoms with Gasteiger partial charge in [0.15, 0.2) is 11.5 Å². The second-order valence-electron chi connectivity index (χ2n) is 9.02. The van der Waals surface area contributed by atoms with Gasteiger partial charge in [-0.3, -0.25) is 0 Å². The van der Waals surface area contributed by atoms with E-state index in [1.165, 1.54) is 11.1 Å². The van der Waals surface area contributed by atoms with Gasteiger partial charge in [0.25, 0.3) is 0 Å².